The van der Waals surface area contributed by atoms with Crippen LogP contribution in [-0.4, -0.2) is 26.0 Å². The fourth-order valence-electron chi connectivity index (χ4n) is 2.96. The van der Waals surface area contributed by atoms with E-state index in [1.807, 2.05) is 6.07 Å². The fourth-order valence-corrected chi connectivity index (χ4v) is 2.96. The van der Waals surface area contributed by atoms with Crippen molar-refractivity contribution >= 4 is 5.91 Å². The van der Waals surface area contributed by atoms with Gasteiger partial charge in [-0.2, -0.15) is 15.5 Å². The summed E-state index contributed by atoms with van der Waals surface area (Å²) in [5, 5.41) is 16.6. The van der Waals surface area contributed by atoms with Gasteiger partial charge in [-0.25, -0.2) is 4.98 Å². The first kappa shape index (κ1) is 14.1. The van der Waals surface area contributed by atoms with Crippen LogP contribution in [0.3, 0.4) is 0 Å². The van der Waals surface area contributed by atoms with Gasteiger partial charge in [0.15, 0.2) is 12.2 Å². The molecule has 0 unspecified atom stereocenters. The zero-order chi connectivity index (χ0) is 16.5. The molecule has 0 aliphatic carbocycles. The Morgan fingerprint density at radius 1 is 1.29 bits per heavy atom. The summed E-state index contributed by atoms with van der Waals surface area (Å²) >= 11 is 0. The van der Waals surface area contributed by atoms with E-state index in [2.05, 4.69) is 21.3 Å². The SMILES string of the molecule is N#Cc1ccc2c(c1)CN(C(=O)c1ccnnc1)[C@@H]2c1cnco1. The molecule has 0 N–H and O–H groups in total. The van der Waals surface area contributed by atoms with Crippen LogP contribution in [0, 0.1) is 11.3 Å². The van der Waals surface area contributed by atoms with Crippen LogP contribution in [0.15, 0.2) is 53.7 Å². The molecule has 0 saturated heterocycles. The first-order valence-electron chi connectivity index (χ1n) is 7.27. The molecule has 2 aromatic heterocycles. The van der Waals surface area contributed by atoms with Gasteiger partial charge in [-0.05, 0) is 29.3 Å². The first-order valence-corrected chi connectivity index (χ1v) is 7.27. The molecule has 1 atom stereocenters. The Morgan fingerprint density at radius 3 is 2.92 bits per heavy atom. The molecule has 4 rings (SSSR count). The number of nitrogens with zero attached hydrogens (tertiary/aromatic N) is 5. The highest BCUT2D eigenvalue weighted by atomic mass is 16.3. The largest absolute Gasteiger partial charge is 0.446 e. The molecule has 24 heavy (non-hydrogen) atoms. The zero-order valence-corrected chi connectivity index (χ0v) is 12.5. The van der Waals surface area contributed by atoms with Crippen molar-refractivity contribution in [3.63, 3.8) is 0 Å². The van der Waals surface area contributed by atoms with E-state index in [0.717, 1.165) is 11.1 Å². The lowest BCUT2D eigenvalue weighted by Gasteiger charge is -2.23. The van der Waals surface area contributed by atoms with E-state index < -0.39 is 0 Å². The van der Waals surface area contributed by atoms with Crippen LogP contribution < -0.4 is 0 Å². The number of oxazole rings is 1. The minimum atomic E-state index is -0.379. The third-order valence-corrected chi connectivity index (χ3v) is 4.03. The van der Waals surface area contributed by atoms with Gasteiger partial charge in [-0.3, -0.25) is 4.79 Å². The molecular formula is C17H11N5O2. The summed E-state index contributed by atoms with van der Waals surface area (Å²) in [5.74, 6) is 0.398. The third-order valence-electron chi connectivity index (χ3n) is 4.03. The van der Waals surface area contributed by atoms with Crippen molar-refractivity contribution in [2.24, 2.45) is 0 Å². The number of aromatic nitrogens is 3. The lowest BCUT2D eigenvalue weighted by molar-refractivity contribution is 0.0702. The zero-order valence-electron chi connectivity index (χ0n) is 12.5. The van der Waals surface area contributed by atoms with Crippen LogP contribution in [0.5, 0.6) is 0 Å². The second kappa shape index (κ2) is 5.59. The number of carbonyl (C=O) groups is 1. The van der Waals surface area contributed by atoms with Gasteiger partial charge < -0.3 is 9.32 Å². The average Bonchev–Trinajstić information content (AvgIpc) is 3.28. The molecule has 7 nitrogen and oxygen atoms in total. The van der Waals surface area contributed by atoms with Gasteiger partial charge in [-0.15, -0.1) is 0 Å². The van der Waals surface area contributed by atoms with Gasteiger partial charge >= 0.3 is 0 Å². The molecule has 0 spiro atoms. The highest BCUT2D eigenvalue weighted by Gasteiger charge is 2.37. The summed E-state index contributed by atoms with van der Waals surface area (Å²) < 4.78 is 5.45. The topological polar surface area (TPSA) is 95.9 Å². The number of benzene rings is 1. The Balaban J connectivity index is 1.80. The number of hydrogen-bond donors (Lipinski definition) is 0. The molecule has 1 aliphatic rings. The van der Waals surface area contributed by atoms with Gasteiger partial charge in [0.25, 0.3) is 5.91 Å². The van der Waals surface area contributed by atoms with Gasteiger partial charge in [0.1, 0.15) is 6.04 Å². The molecule has 3 heterocycles. The number of nitriles is 1. The molecule has 3 aromatic rings. The van der Waals surface area contributed by atoms with Crippen LogP contribution >= 0.6 is 0 Å². The summed E-state index contributed by atoms with van der Waals surface area (Å²) in [6.45, 7) is 0.386. The van der Waals surface area contributed by atoms with Crippen LogP contribution in [-0.2, 0) is 6.54 Å². The molecule has 1 amide bonds. The summed E-state index contributed by atoms with van der Waals surface area (Å²) in [6.07, 6.45) is 5.85. The van der Waals surface area contributed by atoms with E-state index in [4.69, 9.17) is 9.68 Å². The Morgan fingerprint density at radius 2 is 2.21 bits per heavy atom. The smallest absolute Gasteiger partial charge is 0.256 e. The van der Waals surface area contributed by atoms with Gasteiger partial charge in [0.2, 0.25) is 0 Å². The Bertz CT molecular complexity index is 931. The predicted octanol–water partition coefficient (Wildman–Crippen LogP) is 2.08. The molecule has 0 fully saturated rings. The standard InChI is InChI=1S/C17H11N5O2/c18-6-11-1-2-14-13(5-11)9-22(16(14)15-8-19-10-24-15)17(23)12-3-4-20-21-7-12/h1-5,7-8,10,16H,9H2/t16-/m0/s1. The molecule has 116 valence electrons. The molecule has 1 aliphatic heterocycles. The molecule has 0 radical (unpaired) electrons. The van der Waals surface area contributed by atoms with Crippen molar-refractivity contribution < 1.29 is 9.21 Å². The average molecular weight is 317 g/mol. The number of rotatable bonds is 2. The van der Waals surface area contributed by atoms with E-state index in [1.165, 1.54) is 18.8 Å². The number of hydrogen-bond acceptors (Lipinski definition) is 6. The van der Waals surface area contributed by atoms with Crippen LogP contribution in [0.25, 0.3) is 0 Å². The molecular weight excluding hydrogens is 306 g/mol. The Hall–Kier alpha value is -3.53. The van der Waals surface area contributed by atoms with Gasteiger partial charge in [0.05, 0.1) is 35.8 Å². The van der Waals surface area contributed by atoms with E-state index in [0.29, 0.717) is 23.4 Å². The second-order valence-electron chi connectivity index (χ2n) is 5.40. The molecule has 0 saturated carbocycles. The summed E-state index contributed by atoms with van der Waals surface area (Å²) in [7, 11) is 0. The van der Waals surface area contributed by atoms with Crippen molar-refractivity contribution in [1.82, 2.24) is 20.1 Å². The van der Waals surface area contributed by atoms with Crippen LogP contribution in [0.1, 0.15) is 38.9 Å². The van der Waals surface area contributed by atoms with Crippen molar-refractivity contribution in [1.29, 1.82) is 5.26 Å². The number of amides is 1. The molecule has 7 heteroatoms. The number of fused-ring (bicyclic) bond motifs is 1. The van der Waals surface area contributed by atoms with Crippen molar-refractivity contribution in [2.45, 2.75) is 12.6 Å². The predicted molar refractivity (Wildman–Crippen MR) is 81.4 cm³/mol. The number of carbonyl (C=O) groups excluding carboxylic acids is 1. The van der Waals surface area contributed by atoms with Crippen LogP contribution in [0.4, 0.5) is 0 Å². The quantitative estimate of drug-likeness (QED) is 0.718. The van der Waals surface area contributed by atoms with E-state index >= 15 is 0 Å². The Labute approximate surface area is 137 Å². The maximum atomic E-state index is 12.9. The normalized spacial score (nSPS) is 15.8. The molecule has 0 bridgehead atoms. The third kappa shape index (κ3) is 2.21. The maximum absolute atomic E-state index is 12.9. The summed E-state index contributed by atoms with van der Waals surface area (Å²) in [6, 6.07) is 8.77. The minimum Gasteiger partial charge on any atom is -0.446 e. The van der Waals surface area contributed by atoms with E-state index in [9.17, 15) is 4.79 Å². The highest BCUT2D eigenvalue weighted by Crippen LogP contribution is 2.39. The first-order chi connectivity index (χ1) is 11.8. The monoisotopic (exact) mass is 317 g/mol. The fraction of sp³-hybridized carbons (Fsp3) is 0.118. The van der Waals surface area contributed by atoms with Crippen LogP contribution in [0.2, 0.25) is 0 Å². The van der Waals surface area contributed by atoms with Crippen molar-refractivity contribution in [3.8, 4) is 6.07 Å². The lowest BCUT2D eigenvalue weighted by Crippen LogP contribution is -2.30. The Kier molecular flexibility index (Phi) is 3.28. The summed E-state index contributed by atoms with van der Waals surface area (Å²) in [5.41, 5.74) is 2.86. The van der Waals surface area contributed by atoms with Crippen molar-refractivity contribution in [3.05, 3.63) is 77.3 Å². The lowest BCUT2D eigenvalue weighted by atomic mass is 10.0. The van der Waals surface area contributed by atoms with Gasteiger partial charge in [-0.1, -0.05) is 6.07 Å². The second-order valence-corrected chi connectivity index (χ2v) is 5.40. The minimum absolute atomic E-state index is 0.180. The maximum Gasteiger partial charge on any atom is 0.256 e. The van der Waals surface area contributed by atoms with Gasteiger partial charge in [0, 0.05) is 6.54 Å². The summed E-state index contributed by atoms with van der Waals surface area (Å²) in [4.78, 5) is 18.6. The highest BCUT2D eigenvalue weighted by molar-refractivity contribution is 5.94. The van der Waals surface area contributed by atoms with E-state index in [-0.39, 0.29) is 11.9 Å². The molecule has 1 aromatic carbocycles. The van der Waals surface area contributed by atoms with Crippen molar-refractivity contribution in [2.75, 3.05) is 0 Å². The van der Waals surface area contributed by atoms with E-state index in [1.54, 1.807) is 29.3 Å².